The molecule has 5 aromatic rings. The Balaban J connectivity index is 1.38. The highest BCUT2D eigenvalue weighted by Gasteiger charge is 2.31. The third-order valence-corrected chi connectivity index (χ3v) is 5.09. The molecule has 1 atom stereocenters. The van der Waals surface area contributed by atoms with Gasteiger partial charge in [-0.1, -0.05) is 5.16 Å². The number of aryl methyl sites for hydroxylation is 1. The van der Waals surface area contributed by atoms with Crippen LogP contribution in [0.1, 0.15) is 34.7 Å². The number of nitrogens with zero attached hydrogens (tertiary/aromatic N) is 6. The Morgan fingerprint density at radius 2 is 2.03 bits per heavy atom. The lowest BCUT2D eigenvalue weighted by Gasteiger charge is -2.11. The number of H-pyrrole nitrogens is 1. The molecule has 0 aliphatic rings. The number of aromatic nitrogens is 7. The Kier molecular flexibility index (Phi) is 4.62. The molecule has 13 heteroatoms. The summed E-state index contributed by atoms with van der Waals surface area (Å²) in [7, 11) is 1.73. The van der Waals surface area contributed by atoms with E-state index < -0.39 is 23.7 Å². The summed E-state index contributed by atoms with van der Waals surface area (Å²) in [4.78, 5) is 32.1. The summed E-state index contributed by atoms with van der Waals surface area (Å²) in [6.07, 6.45) is -1.67. The first-order valence-corrected chi connectivity index (χ1v) is 9.67. The van der Waals surface area contributed by atoms with E-state index in [2.05, 4.69) is 35.4 Å². The van der Waals surface area contributed by atoms with Gasteiger partial charge in [0.1, 0.15) is 17.5 Å². The smallest absolute Gasteiger partial charge is 0.353 e. The summed E-state index contributed by atoms with van der Waals surface area (Å²) < 4.78 is 45.8. The maximum atomic E-state index is 12.9. The molecule has 1 amide bonds. The van der Waals surface area contributed by atoms with Crippen molar-refractivity contribution in [2.75, 3.05) is 0 Å². The fraction of sp³-hybridized carbons (Fsp3) is 0.200. The van der Waals surface area contributed by atoms with Gasteiger partial charge in [0, 0.05) is 13.1 Å². The number of nitrogens with one attached hydrogen (secondary N) is 2. The average molecular weight is 456 g/mol. The Bertz CT molecular complexity index is 1500. The summed E-state index contributed by atoms with van der Waals surface area (Å²) in [6.45, 7) is 1.70. The fourth-order valence-electron chi connectivity index (χ4n) is 3.40. The van der Waals surface area contributed by atoms with Crippen LogP contribution >= 0.6 is 0 Å². The summed E-state index contributed by atoms with van der Waals surface area (Å²) in [6, 6.07) is 4.20. The van der Waals surface area contributed by atoms with Gasteiger partial charge in [-0.3, -0.25) is 4.79 Å². The molecule has 0 aliphatic heterocycles. The van der Waals surface area contributed by atoms with Gasteiger partial charge in [-0.05, 0) is 25.1 Å². The van der Waals surface area contributed by atoms with E-state index in [-0.39, 0.29) is 22.8 Å². The molecule has 0 radical (unpaired) electrons. The summed E-state index contributed by atoms with van der Waals surface area (Å²) in [5.41, 5.74) is 1.21. The number of fused-ring (bicyclic) bond motifs is 2. The van der Waals surface area contributed by atoms with Crippen LogP contribution in [0.4, 0.5) is 13.2 Å². The molecule has 0 bridgehead atoms. The maximum absolute atomic E-state index is 12.9. The van der Waals surface area contributed by atoms with E-state index >= 15 is 0 Å². The number of hydrogen-bond acceptors (Lipinski definition) is 7. The standard InChI is InChI=1S/C20H15F3N8O2/c1-9(27-19(32)15-16-18(25-7-24-15)26-8-31(16)2)12-6-14(33-30-12)17-28-11-4-3-10(20(21,22)23)5-13(11)29-17/h3-9H,1-2H3,(H,27,32)(H,28,29)/t9-/m0/s1. The number of alkyl halides is 3. The average Bonchev–Trinajstić information content (AvgIpc) is 3.50. The zero-order valence-electron chi connectivity index (χ0n) is 17.2. The number of halogens is 3. The van der Waals surface area contributed by atoms with Gasteiger partial charge in [0.2, 0.25) is 5.76 Å². The van der Waals surface area contributed by atoms with Crippen molar-refractivity contribution in [2.24, 2.45) is 7.05 Å². The highest BCUT2D eigenvalue weighted by molar-refractivity contribution is 6.02. The van der Waals surface area contributed by atoms with Gasteiger partial charge in [0.15, 0.2) is 17.2 Å². The molecule has 0 spiro atoms. The maximum Gasteiger partial charge on any atom is 0.416 e. The van der Waals surface area contributed by atoms with Crippen molar-refractivity contribution < 1.29 is 22.5 Å². The van der Waals surface area contributed by atoms with Gasteiger partial charge < -0.3 is 19.4 Å². The van der Waals surface area contributed by atoms with Crippen LogP contribution in [0, 0.1) is 0 Å². The normalized spacial score (nSPS) is 13.0. The highest BCUT2D eigenvalue weighted by Crippen LogP contribution is 2.32. The lowest BCUT2D eigenvalue weighted by Crippen LogP contribution is -2.28. The van der Waals surface area contributed by atoms with Crippen LogP contribution in [0.3, 0.4) is 0 Å². The minimum Gasteiger partial charge on any atom is -0.353 e. The van der Waals surface area contributed by atoms with E-state index in [1.54, 1.807) is 24.6 Å². The van der Waals surface area contributed by atoms with Crippen molar-refractivity contribution in [2.45, 2.75) is 19.1 Å². The molecule has 2 N–H and O–H groups in total. The summed E-state index contributed by atoms with van der Waals surface area (Å²) >= 11 is 0. The van der Waals surface area contributed by atoms with Crippen LogP contribution in [-0.4, -0.2) is 40.6 Å². The lowest BCUT2D eigenvalue weighted by atomic mass is 10.2. The number of rotatable bonds is 4. The molecule has 5 rings (SSSR count). The zero-order valence-corrected chi connectivity index (χ0v) is 17.2. The number of amides is 1. The second kappa shape index (κ2) is 7.39. The van der Waals surface area contributed by atoms with Crippen molar-refractivity contribution in [3.63, 3.8) is 0 Å². The molecule has 0 unspecified atom stereocenters. The Morgan fingerprint density at radius 3 is 2.82 bits per heavy atom. The van der Waals surface area contributed by atoms with Crippen LogP contribution in [0.2, 0.25) is 0 Å². The third-order valence-electron chi connectivity index (χ3n) is 5.09. The SMILES string of the molecule is C[C@H](NC(=O)c1ncnc2ncn(C)c12)c1cc(-c2nc3ccc(C(F)(F)F)cc3[nH]2)on1. The molecule has 33 heavy (non-hydrogen) atoms. The second-order valence-electron chi connectivity index (χ2n) is 7.38. The van der Waals surface area contributed by atoms with Crippen molar-refractivity contribution in [1.82, 2.24) is 40.0 Å². The van der Waals surface area contributed by atoms with Gasteiger partial charge in [-0.15, -0.1) is 0 Å². The predicted molar refractivity (Wildman–Crippen MR) is 109 cm³/mol. The number of hydrogen-bond donors (Lipinski definition) is 2. The molecule has 4 heterocycles. The number of carbonyl (C=O) groups excluding carboxylic acids is 1. The van der Waals surface area contributed by atoms with Crippen LogP contribution < -0.4 is 5.32 Å². The quantitative estimate of drug-likeness (QED) is 0.424. The van der Waals surface area contributed by atoms with E-state index in [4.69, 9.17) is 4.52 Å². The number of imidazole rings is 2. The molecular formula is C20H15F3N8O2. The Morgan fingerprint density at radius 1 is 1.21 bits per heavy atom. The summed E-state index contributed by atoms with van der Waals surface area (Å²) in [5, 5.41) is 6.74. The topological polar surface area (TPSA) is 127 Å². The van der Waals surface area contributed by atoms with Crippen LogP contribution in [0.5, 0.6) is 0 Å². The van der Waals surface area contributed by atoms with E-state index in [1.807, 2.05) is 0 Å². The van der Waals surface area contributed by atoms with Crippen LogP contribution in [-0.2, 0) is 13.2 Å². The predicted octanol–water partition coefficient (Wildman–Crippen LogP) is 3.40. The Labute approximate surface area is 182 Å². The minimum absolute atomic E-state index is 0.160. The lowest BCUT2D eigenvalue weighted by molar-refractivity contribution is -0.137. The zero-order chi connectivity index (χ0) is 23.3. The van der Waals surface area contributed by atoms with Crippen molar-refractivity contribution in [1.29, 1.82) is 0 Å². The molecular weight excluding hydrogens is 441 g/mol. The summed E-state index contributed by atoms with van der Waals surface area (Å²) in [5.74, 6) is -0.0209. The van der Waals surface area contributed by atoms with Gasteiger partial charge in [0.25, 0.3) is 5.91 Å². The molecule has 0 saturated heterocycles. The van der Waals surface area contributed by atoms with Crippen molar-refractivity contribution in [3.8, 4) is 11.6 Å². The largest absolute Gasteiger partial charge is 0.416 e. The third kappa shape index (κ3) is 3.66. The van der Waals surface area contributed by atoms with Gasteiger partial charge in [0.05, 0.1) is 29.0 Å². The molecule has 1 aromatic carbocycles. The number of aromatic amines is 1. The van der Waals surface area contributed by atoms with Gasteiger partial charge >= 0.3 is 6.18 Å². The van der Waals surface area contributed by atoms with Crippen molar-refractivity contribution >= 4 is 28.1 Å². The second-order valence-corrected chi connectivity index (χ2v) is 7.38. The number of carbonyl (C=O) groups is 1. The molecule has 10 nitrogen and oxygen atoms in total. The monoisotopic (exact) mass is 456 g/mol. The van der Waals surface area contributed by atoms with E-state index in [9.17, 15) is 18.0 Å². The van der Waals surface area contributed by atoms with Crippen molar-refractivity contribution in [3.05, 3.63) is 53.9 Å². The molecule has 168 valence electrons. The minimum atomic E-state index is -4.46. The van der Waals surface area contributed by atoms with E-state index in [0.717, 1.165) is 12.1 Å². The van der Waals surface area contributed by atoms with Gasteiger partial charge in [-0.2, -0.15) is 13.2 Å². The van der Waals surface area contributed by atoms with Crippen LogP contribution in [0.15, 0.2) is 41.4 Å². The van der Waals surface area contributed by atoms with Crippen LogP contribution in [0.25, 0.3) is 33.8 Å². The molecule has 0 fully saturated rings. The number of benzene rings is 1. The van der Waals surface area contributed by atoms with E-state index in [1.165, 1.54) is 18.7 Å². The first kappa shape index (κ1) is 20.6. The van der Waals surface area contributed by atoms with Gasteiger partial charge in [-0.25, -0.2) is 19.9 Å². The first-order valence-electron chi connectivity index (χ1n) is 9.67. The first-order chi connectivity index (χ1) is 15.7. The fourth-order valence-corrected chi connectivity index (χ4v) is 3.40. The molecule has 0 aliphatic carbocycles. The van der Waals surface area contributed by atoms with E-state index in [0.29, 0.717) is 22.4 Å². The highest BCUT2D eigenvalue weighted by atomic mass is 19.4. The molecule has 0 saturated carbocycles. The Hall–Kier alpha value is -4.29. The molecule has 4 aromatic heterocycles.